The number of aliphatic hydroxyl groups is 1. The number of fused-ring (bicyclic) bond motifs is 1. The van der Waals surface area contributed by atoms with Gasteiger partial charge in [0.15, 0.2) is 0 Å². The van der Waals surface area contributed by atoms with Crippen molar-refractivity contribution in [2.75, 3.05) is 13.1 Å². The predicted octanol–water partition coefficient (Wildman–Crippen LogP) is 3.00. The molecule has 3 heterocycles. The first-order valence-electron chi connectivity index (χ1n) is 8.57. The van der Waals surface area contributed by atoms with Crippen molar-refractivity contribution in [2.45, 2.75) is 25.4 Å². The Morgan fingerprint density at radius 3 is 2.76 bits per heavy atom. The molecule has 2 N–H and O–H groups in total. The molecule has 128 valence electrons. The molecular formula is C20H21N3O2. The van der Waals surface area contributed by atoms with Gasteiger partial charge in [0.05, 0.1) is 11.2 Å². The minimum absolute atomic E-state index is 0.0305. The number of piperidine rings is 1. The van der Waals surface area contributed by atoms with Crippen LogP contribution in [0.15, 0.2) is 49.1 Å². The first-order valence-corrected chi connectivity index (χ1v) is 8.57. The van der Waals surface area contributed by atoms with Crippen LogP contribution >= 0.6 is 0 Å². The maximum atomic E-state index is 12.7. The first-order chi connectivity index (χ1) is 12.1. The van der Waals surface area contributed by atoms with Gasteiger partial charge in [0.25, 0.3) is 5.91 Å². The van der Waals surface area contributed by atoms with Crippen LogP contribution in [-0.4, -0.2) is 39.0 Å². The Balaban J connectivity index is 1.58. The molecule has 5 heteroatoms. The number of carbonyl (C=O) groups is 1. The lowest BCUT2D eigenvalue weighted by Gasteiger charge is -2.39. The van der Waals surface area contributed by atoms with Crippen LogP contribution in [0.1, 0.15) is 34.3 Å². The Morgan fingerprint density at radius 1 is 1.24 bits per heavy atom. The van der Waals surface area contributed by atoms with Crippen molar-refractivity contribution in [2.24, 2.45) is 0 Å². The SMILES string of the molecule is Cc1c[nH]cc1C(=O)N1CCC(O)(c2cccc3cnccc23)CC1. The van der Waals surface area contributed by atoms with E-state index in [0.717, 1.165) is 21.9 Å². The van der Waals surface area contributed by atoms with Gasteiger partial charge < -0.3 is 15.0 Å². The van der Waals surface area contributed by atoms with Crippen molar-refractivity contribution in [1.82, 2.24) is 14.9 Å². The molecule has 3 aromatic rings. The molecule has 2 aromatic heterocycles. The van der Waals surface area contributed by atoms with Gasteiger partial charge in [-0.25, -0.2) is 0 Å². The molecule has 0 saturated carbocycles. The van der Waals surface area contributed by atoms with E-state index in [1.165, 1.54) is 0 Å². The van der Waals surface area contributed by atoms with Crippen molar-refractivity contribution >= 4 is 16.7 Å². The third kappa shape index (κ3) is 2.70. The molecule has 1 saturated heterocycles. The second kappa shape index (κ2) is 6.01. The van der Waals surface area contributed by atoms with Crippen LogP contribution in [0.2, 0.25) is 0 Å². The van der Waals surface area contributed by atoms with Crippen LogP contribution in [0.3, 0.4) is 0 Å². The zero-order valence-electron chi connectivity index (χ0n) is 14.2. The average Bonchev–Trinajstić information content (AvgIpc) is 3.07. The fourth-order valence-electron chi connectivity index (χ4n) is 3.72. The fraction of sp³-hybridized carbons (Fsp3) is 0.300. The van der Waals surface area contributed by atoms with Crippen molar-refractivity contribution in [1.29, 1.82) is 0 Å². The molecule has 1 aliphatic heterocycles. The van der Waals surface area contributed by atoms with E-state index >= 15 is 0 Å². The van der Waals surface area contributed by atoms with Crippen LogP contribution in [0.25, 0.3) is 10.8 Å². The molecule has 1 aliphatic rings. The molecule has 1 amide bonds. The second-order valence-corrected chi connectivity index (χ2v) is 6.78. The van der Waals surface area contributed by atoms with Crippen LogP contribution < -0.4 is 0 Å². The third-order valence-corrected chi connectivity index (χ3v) is 5.24. The zero-order valence-corrected chi connectivity index (χ0v) is 14.2. The summed E-state index contributed by atoms with van der Waals surface area (Å²) in [6, 6.07) is 7.89. The number of aromatic nitrogens is 2. The maximum absolute atomic E-state index is 12.7. The number of H-pyrrole nitrogens is 1. The topological polar surface area (TPSA) is 69.2 Å². The highest BCUT2D eigenvalue weighted by atomic mass is 16.3. The zero-order chi connectivity index (χ0) is 17.4. The molecule has 1 aromatic carbocycles. The molecule has 0 aliphatic carbocycles. The van der Waals surface area contributed by atoms with Crippen molar-refractivity contribution in [3.63, 3.8) is 0 Å². The maximum Gasteiger partial charge on any atom is 0.255 e. The first kappa shape index (κ1) is 15.8. The number of benzene rings is 1. The number of likely N-dealkylation sites (tertiary alicyclic amines) is 1. The quantitative estimate of drug-likeness (QED) is 0.756. The van der Waals surface area contributed by atoms with Gasteiger partial charge in [-0.2, -0.15) is 0 Å². The predicted molar refractivity (Wildman–Crippen MR) is 96.3 cm³/mol. The monoisotopic (exact) mass is 335 g/mol. The molecule has 0 bridgehead atoms. The third-order valence-electron chi connectivity index (χ3n) is 5.24. The molecule has 0 spiro atoms. The normalized spacial score (nSPS) is 17.0. The van der Waals surface area contributed by atoms with E-state index in [1.807, 2.05) is 48.5 Å². The van der Waals surface area contributed by atoms with Gasteiger partial charge in [-0.1, -0.05) is 18.2 Å². The highest BCUT2D eigenvalue weighted by Gasteiger charge is 2.36. The van der Waals surface area contributed by atoms with E-state index in [-0.39, 0.29) is 5.91 Å². The Bertz CT molecular complexity index is 918. The molecule has 0 radical (unpaired) electrons. The number of aryl methyl sites for hydroxylation is 1. The van der Waals surface area contributed by atoms with E-state index in [4.69, 9.17) is 0 Å². The summed E-state index contributed by atoms with van der Waals surface area (Å²) in [5, 5.41) is 13.3. The Labute approximate surface area is 146 Å². The molecule has 1 fully saturated rings. The second-order valence-electron chi connectivity index (χ2n) is 6.78. The highest BCUT2D eigenvalue weighted by molar-refractivity contribution is 5.95. The van der Waals surface area contributed by atoms with Crippen LogP contribution in [-0.2, 0) is 5.60 Å². The lowest BCUT2D eigenvalue weighted by atomic mass is 9.82. The molecule has 4 rings (SSSR count). The van der Waals surface area contributed by atoms with Crippen LogP contribution in [0.4, 0.5) is 0 Å². The number of rotatable bonds is 2. The van der Waals surface area contributed by atoms with Crippen molar-refractivity contribution in [3.05, 3.63) is 65.7 Å². The summed E-state index contributed by atoms with van der Waals surface area (Å²) in [6.07, 6.45) is 8.21. The number of carbonyl (C=O) groups excluding carboxylic acids is 1. The molecular weight excluding hydrogens is 314 g/mol. The van der Waals surface area contributed by atoms with Gasteiger partial charge >= 0.3 is 0 Å². The van der Waals surface area contributed by atoms with Crippen LogP contribution in [0, 0.1) is 6.92 Å². The summed E-state index contributed by atoms with van der Waals surface area (Å²) in [6.45, 7) is 3.01. The van der Waals surface area contributed by atoms with Crippen LogP contribution in [0.5, 0.6) is 0 Å². The van der Waals surface area contributed by atoms with Gasteiger partial charge in [0, 0.05) is 43.3 Å². The van der Waals surface area contributed by atoms with E-state index in [1.54, 1.807) is 12.4 Å². The summed E-state index contributed by atoms with van der Waals surface area (Å²) < 4.78 is 0. The highest BCUT2D eigenvalue weighted by Crippen LogP contribution is 2.37. The van der Waals surface area contributed by atoms with E-state index in [0.29, 0.717) is 31.5 Å². The smallest absolute Gasteiger partial charge is 0.255 e. The number of nitrogens with one attached hydrogen (secondary N) is 1. The van der Waals surface area contributed by atoms with E-state index in [9.17, 15) is 9.90 Å². The summed E-state index contributed by atoms with van der Waals surface area (Å²) in [4.78, 5) is 21.6. The van der Waals surface area contributed by atoms with E-state index < -0.39 is 5.60 Å². The van der Waals surface area contributed by atoms with Gasteiger partial charge in [-0.15, -0.1) is 0 Å². The molecule has 0 atom stereocenters. The van der Waals surface area contributed by atoms with Gasteiger partial charge in [0.1, 0.15) is 0 Å². The number of hydrogen-bond acceptors (Lipinski definition) is 3. The number of amides is 1. The fourth-order valence-corrected chi connectivity index (χ4v) is 3.72. The van der Waals surface area contributed by atoms with Crippen molar-refractivity contribution < 1.29 is 9.90 Å². The summed E-state index contributed by atoms with van der Waals surface area (Å²) >= 11 is 0. The number of nitrogens with zero attached hydrogens (tertiary/aromatic N) is 2. The number of pyridine rings is 1. The Morgan fingerprint density at radius 2 is 2.04 bits per heavy atom. The number of aromatic amines is 1. The Hall–Kier alpha value is -2.66. The van der Waals surface area contributed by atoms with E-state index in [2.05, 4.69) is 9.97 Å². The minimum atomic E-state index is -0.912. The lowest BCUT2D eigenvalue weighted by Crippen LogP contribution is -2.45. The van der Waals surface area contributed by atoms with Gasteiger partial charge in [-0.3, -0.25) is 9.78 Å². The summed E-state index contributed by atoms with van der Waals surface area (Å²) in [5.74, 6) is 0.0305. The summed E-state index contributed by atoms with van der Waals surface area (Å²) in [5.41, 5.74) is 1.68. The molecule has 0 unspecified atom stereocenters. The Kier molecular flexibility index (Phi) is 3.81. The molecule has 25 heavy (non-hydrogen) atoms. The van der Waals surface area contributed by atoms with Gasteiger partial charge in [0.2, 0.25) is 0 Å². The number of hydrogen-bond donors (Lipinski definition) is 2. The lowest BCUT2D eigenvalue weighted by molar-refractivity contribution is -0.0200. The largest absolute Gasteiger partial charge is 0.385 e. The standard InChI is InChI=1S/C20H21N3O2/c1-14-11-22-13-17(14)19(24)23-9-6-20(25,7-10-23)18-4-2-3-15-12-21-8-5-16(15)18/h2-5,8,11-13,22,25H,6-7,9-10H2,1H3. The van der Waals surface area contributed by atoms with Gasteiger partial charge in [-0.05, 0) is 42.3 Å². The average molecular weight is 335 g/mol. The summed E-state index contributed by atoms with van der Waals surface area (Å²) in [7, 11) is 0. The molecule has 5 nitrogen and oxygen atoms in total. The minimum Gasteiger partial charge on any atom is -0.385 e. The van der Waals surface area contributed by atoms with Crippen molar-refractivity contribution in [3.8, 4) is 0 Å².